The topological polar surface area (TPSA) is 52.5 Å². The number of aromatic nitrogens is 1. The van der Waals surface area contributed by atoms with E-state index in [0.29, 0.717) is 25.4 Å². The summed E-state index contributed by atoms with van der Waals surface area (Å²) in [5.74, 6) is 0.729. The van der Waals surface area contributed by atoms with Gasteiger partial charge in [-0.2, -0.15) is 0 Å². The van der Waals surface area contributed by atoms with E-state index in [1.807, 2.05) is 46.3 Å². The van der Waals surface area contributed by atoms with Crippen LogP contribution in [0.2, 0.25) is 0 Å². The number of methoxy groups -OCH3 is 2. The molecule has 0 unspecified atom stereocenters. The Morgan fingerprint density at radius 2 is 2.08 bits per heavy atom. The molecule has 5 nitrogen and oxygen atoms in total. The van der Waals surface area contributed by atoms with Crippen molar-refractivity contribution in [3.63, 3.8) is 0 Å². The lowest BCUT2D eigenvalue weighted by Gasteiger charge is -2.13. The fourth-order valence-corrected chi connectivity index (χ4v) is 3.58. The fraction of sp³-hybridized carbons (Fsp3) is 0.278. The van der Waals surface area contributed by atoms with Crippen molar-refractivity contribution in [3.8, 4) is 5.75 Å². The first-order valence-corrected chi connectivity index (χ1v) is 8.58. The molecule has 0 saturated carbocycles. The van der Waals surface area contributed by atoms with Gasteiger partial charge in [0.25, 0.3) is 5.91 Å². The highest BCUT2D eigenvalue weighted by Crippen LogP contribution is 2.28. The van der Waals surface area contributed by atoms with Crippen molar-refractivity contribution < 1.29 is 14.3 Å². The highest BCUT2D eigenvalue weighted by molar-refractivity contribution is 7.16. The standard InChI is InChI=1S/C18H20N2O3S/c1-22-9-8-19-17(21)15-11-13-7-10-24-18(13)20(15)12-14-5-3-4-6-16(14)23-2/h3-7,10-11H,8-9,12H2,1-2H3,(H,19,21). The molecule has 126 valence electrons. The van der Waals surface area contributed by atoms with E-state index in [-0.39, 0.29) is 5.91 Å². The quantitative estimate of drug-likeness (QED) is 0.670. The average Bonchev–Trinajstić information content (AvgIpc) is 3.18. The van der Waals surface area contributed by atoms with E-state index in [1.165, 1.54) is 0 Å². The van der Waals surface area contributed by atoms with Gasteiger partial charge in [0.2, 0.25) is 0 Å². The van der Waals surface area contributed by atoms with E-state index < -0.39 is 0 Å². The predicted octanol–water partition coefficient (Wildman–Crippen LogP) is 3.14. The summed E-state index contributed by atoms with van der Waals surface area (Å²) < 4.78 is 12.5. The average molecular weight is 344 g/mol. The van der Waals surface area contributed by atoms with Crippen molar-refractivity contribution in [2.24, 2.45) is 0 Å². The molecule has 0 aliphatic heterocycles. The van der Waals surface area contributed by atoms with Gasteiger partial charge in [0, 0.05) is 24.6 Å². The molecule has 0 aliphatic carbocycles. The van der Waals surface area contributed by atoms with Gasteiger partial charge >= 0.3 is 0 Å². The van der Waals surface area contributed by atoms with Gasteiger partial charge in [-0.3, -0.25) is 4.79 Å². The zero-order chi connectivity index (χ0) is 16.9. The maximum atomic E-state index is 12.5. The van der Waals surface area contributed by atoms with Crippen LogP contribution in [0.5, 0.6) is 5.75 Å². The van der Waals surface area contributed by atoms with Crippen LogP contribution in [0, 0.1) is 0 Å². The van der Waals surface area contributed by atoms with Crippen LogP contribution in [0.15, 0.2) is 41.8 Å². The number of fused-ring (bicyclic) bond motifs is 1. The summed E-state index contributed by atoms with van der Waals surface area (Å²) in [7, 11) is 3.28. The fourth-order valence-electron chi connectivity index (χ4n) is 2.68. The molecule has 24 heavy (non-hydrogen) atoms. The lowest BCUT2D eigenvalue weighted by Crippen LogP contribution is -2.29. The van der Waals surface area contributed by atoms with Crippen LogP contribution in [0.25, 0.3) is 10.2 Å². The minimum absolute atomic E-state index is 0.0923. The van der Waals surface area contributed by atoms with Gasteiger partial charge < -0.3 is 19.4 Å². The minimum Gasteiger partial charge on any atom is -0.496 e. The number of rotatable bonds is 7. The van der Waals surface area contributed by atoms with E-state index in [1.54, 1.807) is 25.6 Å². The predicted molar refractivity (Wildman–Crippen MR) is 96.1 cm³/mol. The molecule has 1 aromatic carbocycles. The molecule has 2 aromatic heterocycles. The third kappa shape index (κ3) is 3.29. The number of carbonyl (C=O) groups is 1. The highest BCUT2D eigenvalue weighted by Gasteiger charge is 2.17. The first-order chi connectivity index (χ1) is 11.7. The monoisotopic (exact) mass is 344 g/mol. The lowest BCUT2D eigenvalue weighted by molar-refractivity contribution is 0.0928. The number of hydrogen-bond donors (Lipinski definition) is 1. The Morgan fingerprint density at radius 1 is 1.25 bits per heavy atom. The summed E-state index contributed by atoms with van der Waals surface area (Å²) in [6, 6.07) is 11.8. The second-order valence-corrected chi connectivity index (χ2v) is 6.25. The first kappa shape index (κ1) is 16.5. The number of amides is 1. The molecule has 0 spiro atoms. The van der Waals surface area contributed by atoms with E-state index in [4.69, 9.17) is 9.47 Å². The molecular weight excluding hydrogens is 324 g/mol. The normalized spacial score (nSPS) is 10.9. The summed E-state index contributed by atoms with van der Waals surface area (Å²) in [6.07, 6.45) is 0. The van der Waals surface area contributed by atoms with E-state index in [2.05, 4.69) is 5.32 Å². The molecule has 0 saturated heterocycles. The van der Waals surface area contributed by atoms with Gasteiger partial charge in [-0.15, -0.1) is 11.3 Å². The molecule has 0 aliphatic rings. The largest absolute Gasteiger partial charge is 0.496 e. The number of nitrogens with zero attached hydrogens (tertiary/aromatic N) is 1. The Morgan fingerprint density at radius 3 is 2.88 bits per heavy atom. The second-order valence-electron chi connectivity index (χ2n) is 5.36. The summed E-state index contributed by atoms with van der Waals surface area (Å²) in [6.45, 7) is 1.57. The van der Waals surface area contributed by atoms with Gasteiger partial charge in [-0.05, 0) is 23.6 Å². The second kappa shape index (κ2) is 7.51. The number of hydrogen-bond acceptors (Lipinski definition) is 4. The minimum atomic E-state index is -0.0923. The van der Waals surface area contributed by atoms with Gasteiger partial charge in [0.05, 0.1) is 20.3 Å². The van der Waals surface area contributed by atoms with Crippen molar-refractivity contribution in [3.05, 3.63) is 53.0 Å². The molecular formula is C18H20N2O3S. The molecule has 1 amide bonds. The van der Waals surface area contributed by atoms with Crippen molar-refractivity contribution in [2.45, 2.75) is 6.54 Å². The van der Waals surface area contributed by atoms with E-state index >= 15 is 0 Å². The van der Waals surface area contributed by atoms with E-state index in [9.17, 15) is 4.79 Å². The summed E-state index contributed by atoms with van der Waals surface area (Å²) in [5.41, 5.74) is 1.69. The van der Waals surface area contributed by atoms with Gasteiger partial charge in [0.15, 0.2) is 0 Å². The first-order valence-electron chi connectivity index (χ1n) is 7.70. The van der Waals surface area contributed by atoms with Crippen LogP contribution < -0.4 is 10.1 Å². The molecule has 6 heteroatoms. The molecule has 2 heterocycles. The molecule has 0 bridgehead atoms. The van der Waals surface area contributed by atoms with Gasteiger partial charge in [-0.25, -0.2) is 0 Å². The Hall–Kier alpha value is -2.31. The van der Waals surface area contributed by atoms with Crippen molar-refractivity contribution in [1.82, 2.24) is 9.88 Å². The van der Waals surface area contributed by atoms with Crippen LogP contribution in [-0.4, -0.2) is 37.8 Å². The molecule has 0 atom stereocenters. The third-order valence-corrected chi connectivity index (χ3v) is 4.80. The number of nitrogens with one attached hydrogen (secondary N) is 1. The van der Waals surface area contributed by atoms with Crippen molar-refractivity contribution in [2.75, 3.05) is 27.4 Å². The molecule has 1 N–H and O–H groups in total. The molecule has 0 fully saturated rings. The third-order valence-electron chi connectivity index (χ3n) is 3.85. The van der Waals surface area contributed by atoms with Crippen LogP contribution in [0.3, 0.4) is 0 Å². The number of carbonyl (C=O) groups excluding carboxylic acids is 1. The SMILES string of the molecule is COCCNC(=O)c1cc2ccsc2n1Cc1ccccc1OC. The number of ether oxygens (including phenoxy) is 2. The van der Waals surface area contributed by atoms with Crippen LogP contribution >= 0.6 is 11.3 Å². The zero-order valence-electron chi connectivity index (χ0n) is 13.7. The van der Waals surface area contributed by atoms with Crippen molar-refractivity contribution in [1.29, 1.82) is 0 Å². The molecule has 3 aromatic rings. The van der Waals surface area contributed by atoms with Crippen LogP contribution in [0.4, 0.5) is 0 Å². The van der Waals surface area contributed by atoms with Gasteiger partial charge in [0.1, 0.15) is 16.3 Å². The maximum Gasteiger partial charge on any atom is 0.268 e. The summed E-state index contributed by atoms with van der Waals surface area (Å²) in [4.78, 5) is 13.6. The van der Waals surface area contributed by atoms with Crippen LogP contribution in [0.1, 0.15) is 16.1 Å². The Bertz CT molecular complexity index is 838. The highest BCUT2D eigenvalue weighted by atomic mass is 32.1. The van der Waals surface area contributed by atoms with E-state index in [0.717, 1.165) is 21.5 Å². The van der Waals surface area contributed by atoms with Crippen LogP contribution in [-0.2, 0) is 11.3 Å². The Kier molecular flexibility index (Phi) is 5.17. The van der Waals surface area contributed by atoms with Gasteiger partial charge in [-0.1, -0.05) is 18.2 Å². The zero-order valence-corrected chi connectivity index (χ0v) is 14.6. The number of thiophene rings is 1. The smallest absolute Gasteiger partial charge is 0.268 e. The summed E-state index contributed by atoms with van der Waals surface area (Å²) >= 11 is 1.63. The Labute approximate surface area is 144 Å². The Balaban J connectivity index is 1.94. The number of para-hydroxylation sites is 1. The molecule has 3 rings (SSSR count). The lowest BCUT2D eigenvalue weighted by atomic mass is 10.2. The number of benzene rings is 1. The molecule has 0 radical (unpaired) electrons. The summed E-state index contributed by atoms with van der Waals surface area (Å²) in [5, 5.41) is 6.01. The van der Waals surface area contributed by atoms with Crippen molar-refractivity contribution >= 4 is 27.5 Å². The maximum absolute atomic E-state index is 12.5.